The Morgan fingerprint density at radius 3 is 2.45 bits per heavy atom. The number of nitriles is 1. The van der Waals surface area contributed by atoms with E-state index in [2.05, 4.69) is 30.9 Å². The summed E-state index contributed by atoms with van der Waals surface area (Å²) in [4.78, 5) is 28.9. The van der Waals surface area contributed by atoms with Crippen molar-refractivity contribution in [1.82, 2.24) is 4.90 Å². The zero-order valence-electron chi connectivity index (χ0n) is 17.7. The van der Waals surface area contributed by atoms with Gasteiger partial charge < -0.3 is 4.90 Å². The van der Waals surface area contributed by atoms with Crippen LogP contribution in [0.15, 0.2) is 58.8 Å². The van der Waals surface area contributed by atoms with E-state index in [-0.39, 0.29) is 16.9 Å². The molecule has 0 fully saturated rings. The van der Waals surface area contributed by atoms with E-state index in [1.165, 1.54) is 10.5 Å². The van der Waals surface area contributed by atoms with Gasteiger partial charge in [0.2, 0.25) is 0 Å². The number of carbonyl (C=O) groups excluding carboxylic acids is 2. The normalized spacial score (nSPS) is 21.2. The summed E-state index contributed by atoms with van der Waals surface area (Å²) in [5, 5.41) is 9.48. The molecule has 0 bridgehead atoms. The third-order valence-electron chi connectivity index (χ3n) is 5.91. The number of carbonyl (C=O) groups is 2. The molecule has 0 saturated carbocycles. The highest BCUT2D eigenvalue weighted by molar-refractivity contribution is 6.18. The van der Waals surface area contributed by atoms with Gasteiger partial charge in [-0.05, 0) is 42.7 Å². The van der Waals surface area contributed by atoms with Crippen molar-refractivity contribution < 1.29 is 9.59 Å². The van der Waals surface area contributed by atoms with Crippen LogP contribution in [0.3, 0.4) is 0 Å². The van der Waals surface area contributed by atoms with E-state index in [0.29, 0.717) is 24.1 Å². The second-order valence-electron chi connectivity index (χ2n) is 8.06. The number of imide groups is 1. The molecular weight excluding hydrogens is 362 g/mol. The maximum absolute atomic E-state index is 13.0. The van der Waals surface area contributed by atoms with Crippen LogP contribution in [0.25, 0.3) is 0 Å². The SMILES string of the molecule is CCCCN1C(=O)C(C#N)=C(C)/C(=C/C=C2/N(C)c3ccccc3C2(C)C)C1=O. The molecule has 3 rings (SSSR count). The largest absolute Gasteiger partial charge is 0.347 e. The molecule has 1 aromatic carbocycles. The lowest BCUT2D eigenvalue weighted by molar-refractivity contribution is -0.140. The van der Waals surface area contributed by atoms with Gasteiger partial charge in [0.05, 0.1) is 0 Å². The topological polar surface area (TPSA) is 64.4 Å². The van der Waals surface area contributed by atoms with Crippen LogP contribution in [0.5, 0.6) is 0 Å². The Morgan fingerprint density at radius 1 is 1.14 bits per heavy atom. The molecule has 0 saturated heterocycles. The molecule has 0 atom stereocenters. The number of nitrogens with zero attached hydrogens (tertiary/aromatic N) is 3. The molecule has 2 aliphatic rings. The fourth-order valence-electron chi connectivity index (χ4n) is 4.14. The molecule has 29 heavy (non-hydrogen) atoms. The fourth-order valence-corrected chi connectivity index (χ4v) is 4.14. The van der Waals surface area contributed by atoms with Crippen LogP contribution in [0, 0.1) is 11.3 Å². The van der Waals surface area contributed by atoms with Gasteiger partial charge in [0, 0.05) is 36.0 Å². The number of benzene rings is 1. The van der Waals surface area contributed by atoms with Crippen LogP contribution >= 0.6 is 0 Å². The number of para-hydroxylation sites is 1. The Bertz CT molecular complexity index is 1010. The summed E-state index contributed by atoms with van der Waals surface area (Å²) < 4.78 is 0. The number of fused-ring (bicyclic) bond motifs is 1. The number of anilines is 1. The minimum Gasteiger partial charge on any atom is -0.347 e. The summed E-state index contributed by atoms with van der Waals surface area (Å²) in [6.07, 6.45) is 5.29. The third-order valence-corrected chi connectivity index (χ3v) is 5.91. The second-order valence-corrected chi connectivity index (χ2v) is 8.06. The molecule has 1 aromatic rings. The van der Waals surface area contributed by atoms with Crippen LogP contribution in [-0.4, -0.2) is 30.3 Å². The van der Waals surface area contributed by atoms with E-state index < -0.39 is 5.91 Å². The van der Waals surface area contributed by atoms with Crippen LogP contribution in [0.2, 0.25) is 0 Å². The summed E-state index contributed by atoms with van der Waals surface area (Å²) in [6, 6.07) is 10.2. The first-order valence-electron chi connectivity index (χ1n) is 9.98. The molecule has 5 heteroatoms. The molecule has 2 amide bonds. The van der Waals surface area contributed by atoms with Gasteiger partial charge in [-0.3, -0.25) is 14.5 Å². The summed E-state index contributed by atoms with van der Waals surface area (Å²) in [5.74, 6) is -0.813. The molecule has 0 aromatic heterocycles. The van der Waals surface area contributed by atoms with Gasteiger partial charge >= 0.3 is 0 Å². The third kappa shape index (κ3) is 3.29. The van der Waals surface area contributed by atoms with Gasteiger partial charge in [-0.25, -0.2) is 0 Å². The molecule has 0 N–H and O–H groups in total. The standard InChI is InChI=1S/C24H27N3O2/c1-6-7-14-27-22(28)17(16(2)18(15-25)23(27)29)12-13-21-24(3,4)19-10-8-9-11-20(19)26(21)5/h8-13H,6-7,14H2,1-5H3/b17-12-,21-13+. The first-order valence-corrected chi connectivity index (χ1v) is 9.98. The average molecular weight is 389 g/mol. The van der Waals surface area contributed by atoms with Gasteiger partial charge in [0.1, 0.15) is 11.6 Å². The molecule has 2 aliphatic heterocycles. The smallest absolute Gasteiger partial charge is 0.271 e. The maximum atomic E-state index is 13.0. The minimum atomic E-state index is -0.487. The van der Waals surface area contributed by atoms with Crippen molar-refractivity contribution >= 4 is 17.5 Å². The Kier molecular flexibility index (Phi) is 5.48. The highest BCUT2D eigenvalue weighted by Crippen LogP contribution is 2.46. The van der Waals surface area contributed by atoms with Crippen molar-refractivity contribution in [2.24, 2.45) is 0 Å². The lowest BCUT2D eigenvalue weighted by atomic mass is 9.83. The number of hydrogen-bond donors (Lipinski definition) is 0. The Labute approximate surface area is 172 Å². The van der Waals surface area contributed by atoms with Gasteiger partial charge in [-0.15, -0.1) is 0 Å². The first kappa shape index (κ1) is 20.6. The van der Waals surface area contributed by atoms with E-state index in [4.69, 9.17) is 0 Å². The zero-order chi connectivity index (χ0) is 21.3. The summed E-state index contributed by atoms with van der Waals surface area (Å²) >= 11 is 0. The number of unbranched alkanes of at least 4 members (excludes halogenated alkanes) is 1. The Hall–Kier alpha value is -3.13. The van der Waals surface area contributed by atoms with Crippen LogP contribution in [0.4, 0.5) is 5.69 Å². The van der Waals surface area contributed by atoms with Gasteiger partial charge in [-0.1, -0.05) is 45.4 Å². The number of rotatable bonds is 4. The first-order chi connectivity index (χ1) is 13.8. The number of allylic oxidation sites excluding steroid dienone is 3. The molecule has 5 nitrogen and oxygen atoms in total. The molecule has 0 unspecified atom stereocenters. The predicted octanol–water partition coefficient (Wildman–Crippen LogP) is 4.23. The van der Waals surface area contributed by atoms with E-state index >= 15 is 0 Å². The fraction of sp³-hybridized carbons (Fsp3) is 0.375. The van der Waals surface area contributed by atoms with Gasteiger partial charge in [-0.2, -0.15) is 5.26 Å². The average Bonchev–Trinajstić information content (AvgIpc) is 2.89. The second kappa shape index (κ2) is 7.71. The highest BCUT2D eigenvalue weighted by Gasteiger charge is 2.38. The summed E-state index contributed by atoms with van der Waals surface area (Å²) in [7, 11) is 2.01. The van der Waals surface area contributed by atoms with Gasteiger partial charge in [0.15, 0.2) is 0 Å². The van der Waals surface area contributed by atoms with Crippen molar-refractivity contribution in [2.75, 3.05) is 18.5 Å². The van der Waals surface area contributed by atoms with Gasteiger partial charge in [0.25, 0.3) is 11.8 Å². The van der Waals surface area contributed by atoms with Crippen LogP contribution in [0.1, 0.15) is 46.1 Å². The quantitative estimate of drug-likeness (QED) is 0.571. The molecule has 0 spiro atoms. The Morgan fingerprint density at radius 2 is 1.83 bits per heavy atom. The highest BCUT2D eigenvalue weighted by atomic mass is 16.2. The van der Waals surface area contributed by atoms with Crippen molar-refractivity contribution in [3.05, 3.63) is 64.4 Å². The van der Waals surface area contributed by atoms with E-state index in [1.54, 1.807) is 13.0 Å². The van der Waals surface area contributed by atoms with Crippen LogP contribution < -0.4 is 4.90 Å². The number of hydrogen-bond acceptors (Lipinski definition) is 4. The molecule has 0 aliphatic carbocycles. The summed E-state index contributed by atoms with van der Waals surface area (Å²) in [6.45, 7) is 8.32. The summed E-state index contributed by atoms with van der Waals surface area (Å²) in [5.41, 5.74) is 4.12. The van der Waals surface area contributed by atoms with E-state index in [0.717, 1.165) is 17.8 Å². The molecule has 2 heterocycles. The van der Waals surface area contributed by atoms with Crippen LogP contribution in [-0.2, 0) is 15.0 Å². The van der Waals surface area contributed by atoms with E-state index in [1.807, 2.05) is 38.2 Å². The monoisotopic (exact) mass is 389 g/mol. The lowest BCUT2D eigenvalue weighted by Crippen LogP contribution is -2.43. The van der Waals surface area contributed by atoms with E-state index in [9.17, 15) is 14.9 Å². The van der Waals surface area contributed by atoms with Crippen molar-refractivity contribution in [1.29, 1.82) is 5.26 Å². The zero-order valence-corrected chi connectivity index (χ0v) is 17.7. The maximum Gasteiger partial charge on any atom is 0.271 e. The molecule has 150 valence electrons. The number of likely N-dealkylation sites (N-methyl/N-ethyl adjacent to an activating group) is 1. The van der Waals surface area contributed by atoms with Crippen molar-refractivity contribution in [2.45, 2.75) is 46.0 Å². The molecule has 0 radical (unpaired) electrons. The Balaban J connectivity index is 2.07. The molecular formula is C24H27N3O2. The van der Waals surface area contributed by atoms with Crippen molar-refractivity contribution in [3.63, 3.8) is 0 Å². The lowest BCUT2D eigenvalue weighted by Gasteiger charge is -2.27. The number of amides is 2. The van der Waals surface area contributed by atoms with Crippen molar-refractivity contribution in [3.8, 4) is 6.07 Å². The minimum absolute atomic E-state index is 0.0488. The predicted molar refractivity (Wildman–Crippen MR) is 114 cm³/mol.